The maximum atomic E-state index is 5.49. The van der Waals surface area contributed by atoms with Crippen molar-refractivity contribution in [1.29, 1.82) is 0 Å². The summed E-state index contributed by atoms with van der Waals surface area (Å²) < 4.78 is 5.06. The minimum atomic E-state index is 0. The van der Waals surface area contributed by atoms with Crippen molar-refractivity contribution in [2.75, 3.05) is 13.1 Å². The molecule has 0 amide bonds. The molecular formula is C14H23Cl2N5OS. The molecule has 1 saturated heterocycles. The van der Waals surface area contributed by atoms with Crippen LogP contribution in [0, 0.1) is 0 Å². The van der Waals surface area contributed by atoms with E-state index in [1.807, 2.05) is 0 Å². The fourth-order valence-corrected chi connectivity index (χ4v) is 3.74. The Labute approximate surface area is 152 Å². The van der Waals surface area contributed by atoms with E-state index in [1.165, 1.54) is 23.5 Å². The molecular weight excluding hydrogens is 357 g/mol. The highest BCUT2D eigenvalue weighted by Gasteiger charge is 2.24. The lowest BCUT2D eigenvalue weighted by Crippen LogP contribution is -2.34. The van der Waals surface area contributed by atoms with Crippen LogP contribution in [0.3, 0.4) is 0 Å². The molecule has 3 heterocycles. The molecule has 0 spiro atoms. The minimum Gasteiger partial charge on any atom is -0.338 e. The van der Waals surface area contributed by atoms with Gasteiger partial charge in [0.15, 0.2) is 5.82 Å². The average Bonchev–Trinajstić information content (AvgIpc) is 3.16. The Morgan fingerprint density at radius 2 is 2.22 bits per heavy atom. The van der Waals surface area contributed by atoms with Crippen LogP contribution in [0.15, 0.2) is 9.90 Å². The van der Waals surface area contributed by atoms with Crippen LogP contribution in [0.1, 0.15) is 48.1 Å². The first-order valence-corrected chi connectivity index (χ1v) is 8.34. The number of thiazole rings is 1. The number of rotatable bonds is 5. The Kier molecular flexibility index (Phi) is 8.42. The lowest BCUT2D eigenvalue weighted by atomic mass is 9.99. The number of nitrogens with zero attached hydrogens (tertiary/aromatic N) is 4. The summed E-state index contributed by atoms with van der Waals surface area (Å²) >= 11 is 1.79. The molecule has 3 rings (SSSR count). The van der Waals surface area contributed by atoms with Crippen molar-refractivity contribution in [3.8, 4) is 0 Å². The fraction of sp³-hybridized carbons (Fsp3) is 0.643. The van der Waals surface area contributed by atoms with Gasteiger partial charge in [0, 0.05) is 17.8 Å². The topological polar surface area (TPSA) is 81.1 Å². The third-order valence-electron chi connectivity index (χ3n) is 3.84. The number of hydrogen-bond donors (Lipinski definition) is 1. The minimum absolute atomic E-state index is 0. The summed E-state index contributed by atoms with van der Waals surface area (Å²) in [6, 6.07) is 0. The number of aryl methyl sites for hydroxylation is 1. The summed E-state index contributed by atoms with van der Waals surface area (Å²) in [5, 5.41) is 7.43. The summed E-state index contributed by atoms with van der Waals surface area (Å²) in [4.78, 5) is 11.4. The van der Waals surface area contributed by atoms with Crippen LogP contribution in [0.2, 0.25) is 0 Å². The summed E-state index contributed by atoms with van der Waals surface area (Å²) in [6.45, 7) is 5.27. The zero-order valence-corrected chi connectivity index (χ0v) is 15.6. The van der Waals surface area contributed by atoms with Gasteiger partial charge in [-0.3, -0.25) is 4.90 Å². The Balaban J connectivity index is 0.00000132. The van der Waals surface area contributed by atoms with Crippen molar-refractivity contribution in [1.82, 2.24) is 20.0 Å². The third kappa shape index (κ3) is 5.12. The SMILES string of the molecule is CCc1csc(C2CCCN(Cc3noc(CN)n3)C2)n1.Cl.Cl. The smallest absolute Gasteiger partial charge is 0.240 e. The van der Waals surface area contributed by atoms with Gasteiger partial charge in [-0.25, -0.2) is 4.98 Å². The van der Waals surface area contributed by atoms with Crippen molar-refractivity contribution in [2.24, 2.45) is 5.73 Å². The van der Waals surface area contributed by atoms with E-state index in [0.717, 1.165) is 31.9 Å². The molecule has 0 bridgehead atoms. The molecule has 2 N–H and O–H groups in total. The molecule has 0 aliphatic carbocycles. The predicted molar refractivity (Wildman–Crippen MR) is 95.4 cm³/mol. The second kappa shape index (κ2) is 9.54. The molecule has 23 heavy (non-hydrogen) atoms. The molecule has 1 aliphatic rings. The first-order chi connectivity index (χ1) is 10.3. The molecule has 0 aromatic carbocycles. The Morgan fingerprint density at radius 3 is 2.87 bits per heavy atom. The zero-order chi connectivity index (χ0) is 14.7. The second-order valence-electron chi connectivity index (χ2n) is 5.41. The van der Waals surface area contributed by atoms with Gasteiger partial charge < -0.3 is 10.3 Å². The highest BCUT2D eigenvalue weighted by atomic mass is 35.5. The first-order valence-electron chi connectivity index (χ1n) is 7.46. The molecule has 1 atom stereocenters. The molecule has 0 radical (unpaired) electrons. The van der Waals surface area contributed by atoms with Crippen molar-refractivity contribution in [2.45, 2.75) is 45.2 Å². The number of nitrogens with two attached hydrogens (primary N) is 1. The van der Waals surface area contributed by atoms with E-state index < -0.39 is 0 Å². The van der Waals surface area contributed by atoms with Gasteiger partial charge in [-0.05, 0) is 25.8 Å². The van der Waals surface area contributed by atoms with E-state index in [0.29, 0.717) is 18.4 Å². The quantitative estimate of drug-likeness (QED) is 0.859. The van der Waals surface area contributed by atoms with Gasteiger partial charge in [-0.1, -0.05) is 12.1 Å². The van der Waals surface area contributed by atoms with Gasteiger partial charge in [-0.15, -0.1) is 36.2 Å². The average molecular weight is 380 g/mol. The summed E-state index contributed by atoms with van der Waals surface area (Å²) in [5.41, 5.74) is 6.70. The summed E-state index contributed by atoms with van der Waals surface area (Å²) in [7, 11) is 0. The number of halogens is 2. The molecule has 2 aromatic rings. The molecule has 0 saturated carbocycles. The molecule has 9 heteroatoms. The van der Waals surface area contributed by atoms with Gasteiger partial charge in [0.05, 0.1) is 23.8 Å². The standard InChI is InChI=1S/C14H21N5OS.2ClH/c1-2-11-9-21-14(16-11)10-4-3-5-19(7-10)8-12-17-13(6-15)20-18-12;;/h9-10H,2-8,15H2,1H3;2*1H. The molecule has 2 aromatic heterocycles. The van der Waals surface area contributed by atoms with Crippen LogP contribution in [0.5, 0.6) is 0 Å². The van der Waals surface area contributed by atoms with Crippen LogP contribution in [0.25, 0.3) is 0 Å². The predicted octanol–water partition coefficient (Wildman–Crippen LogP) is 2.77. The van der Waals surface area contributed by atoms with E-state index in [1.54, 1.807) is 11.3 Å². The lowest BCUT2D eigenvalue weighted by Gasteiger charge is -2.30. The number of aromatic nitrogens is 3. The van der Waals surface area contributed by atoms with Crippen LogP contribution in [0.4, 0.5) is 0 Å². The van der Waals surface area contributed by atoms with Crippen LogP contribution >= 0.6 is 36.2 Å². The van der Waals surface area contributed by atoms with Crippen molar-refractivity contribution in [3.05, 3.63) is 27.8 Å². The van der Waals surface area contributed by atoms with Gasteiger partial charge in [0.25, 0.3) is 0 Å². The molecule has 130 valence electrons. The fourth-order valence-electron chi connectivity index (χ4n) is 2.71. The van der Waals surface area contributed by atoms with E-state index in [9.17, 15) is 0 Å². The van der Waals surface area contributed by atoms with Crippen LogP contribution in [-0.4, -0.2) is 33.1 Å². The van der Waals surface area contributed by atoms with Crippen LogP contribution in [-0.2, 0) is 19.5 Å². The molecule has 6 nitrogen and oxygen atoms in total. The maximum absolute atomic E-state index is 5.49. The first kappa shape index (κ1) is 20.3. The Hall–Kier alpha value is -0.730. The normalized spacial score (nSPS) is 18.3. The molecule has 1 fully saturated rings. The van der Waals surface area contributed by atoms with E-state index in [4.69, 9.17) is 15.2 Å². The second-order valence-corrected chi connectivity index (χ2v) is 6.30. The number of hydrogen-bond acceptors (Lipinski definition) is 7. The zero-order valence-electron chi connectivity index (χ0n) is 13.1. The Bertz CT molecular complexity index is 591. The summed E-state index contributed by atoms with van der Waals surface area (Å²) in [5.74, 6) is 1.76. The van der Waals surface area contributed by atoms with Crippen molar-refractivity contribution < 1.29 is 4.52 Å². The van der Waals surface area contributed by atoms with Gasteiger partial charge in [-0.2, -0.15) is 4.98 Å². The number of piperidine rings is 1. The van der Waals surface area contributed by atoms with E-state index >= 15 is 0 Å². The van der Waals surface area contributed by atoms with Crippen molar-refractivity contribution >= 4 is 36.2 Å². The van der Waals surface area contributed by atoms with E-state index in [-0.39, 0.29) is 24.8 Å². The maximum Gasteiger partial charge on any atom is 0.240 e. The van der Waals surface area contributed by atoms with Crippen molar-refractivity contribution in [3.63, 3.8) is 0 Å². The van der Waals surface area contributed by atoms with E-state index in [2.05, 4.69) is 27.3 Å². The highest BCUT2D eigenvalue weighted by molar-refractivity contribution is 7.09. The Morgan fingerprint density at radius 1 is 1.39 bits per heavy atom. The van der Waals surface area contributed by atoms with Crippen LogP contribution < -0.4 is 5.73 Å². The summed E-state index contributed by atoms with van der Waals surface area (Å²) in [6.07, 6.45) is 3.42. The monoisotopic (exact) mass is 379 g/mol. The molecule has 1 unspecified atom stereocenters. The van der Waals surface area contributed by atoms with Gasteiger partial charge >= 0.3 is 0 Å². The molecule has 1 aliphatic heterocycles. The lowest BCUT2D eigenvalue weighted by molar-refractivity contribution is 0.193. The van der Waals surface area contributed by atoms with Gasteiger partial charge in [0.2, 0.25) is 5.89 Å². The third-order valence-corrected chi connectivity index (χ3v) is 4.89. The number of likely N-dealkylation sites (tertiary alicyclic amines) is 1. The largest absolute Gasteiger partial charge is 0.338 e. The van der Waals surface area contributed by atoms with Gasteiger partial charge in [0.1, 0.15) is 0 Å². The highest BCUT2D eigenvalue weighted by Crippen LogP contribution is 2.29.